The highest BCUT2D eigenvalue weighted by Crippen LogP contribution is 2.18. The lowest BCUT2D eigenvalue weighted by Gasteiger charge is -2.06. The van der Waals surface area contributed by atoms with E-state index >= 15 is 0 Å². The van der Waals surface area contributed by atoms with Crippen molar-refractivity contribution in [2.24, 2.45) is 7.05 Å². The van der Waals surface area contributed by atoms with Gasteiger partial charge in [0.15, 0.2) is 0 Å². The SMILES string of the molecule is CCCCCCCCCCCCCCCCCCCc1ccccc1-n1cc[n+](C)c1. The van der Waals surface area contributed by atoms with E-state index in [1.807, 2.05) is 0 Å². The van der Waals surface area contributed by atoms with Crippen molar-refractivity contribution in [1.82, 2.24) is 4.57 Å². The van der Waals surface area contributed by atoms with Crippen molar-refractivity contribution in [3.05, 3.63) is 48.5 Å². The normalized spacial score (nSPS) is 11.3. The third-order valence-corrected chi connectivity index (χ3v) is 6.59. The van der Waals surface area contributed by atoms with Gasteiger partial charge in [-0.15, -0.1) is 0 Å². The summed E-state index contributed by atoms with van der Waals surface area (Å²) in [4.78, 5) is 0. The fraction of sp³-hybridized carbons (Fsp3) is 0.690. The molecule has 2 aromatic rings. The van der Waals surface area contributed by atoms with Gasteiger partial charge in [0, 0.05) is 0 Å². The van der Waals surface area contributed by atoms with E-state index in [1.54, 1.807) is 0 Å². The number of hydrogen-bond acceptors (Lipinski definition) is 0. The Balaban J connectivity index is 1.40. The van der Waals surface area contributed by atoms with Crippen molar-refractivity contribution in [1.29, 1.82) is 0 Å². The van der Waals surface area contributed by atoms with E-state index in [0.717, 1.165) is 0 Å². The van der Waals surface area contributed by atoms with Crippen LogP contribution in [0.5, 0.6) is 0 Å². The number of hydrogen-bond donors (Lipinski definition) is 0. The summed E-state index contributed by atoms with van der Waals surface area (Å²) in [6, 6.07) is 8.86. The molecule has 2 rings (SSSR count). The number of aromatic nitrogens is 2. The first-order valence-corrected chi connectivity index (χ1v) is 13.4. The smallest absolute Gasteiger partial charge is 0.239 e. The average molecular weight is 426 g/mol. The van der Waals surface area contributed by atoms with E-state index in [1.165, 1.54) is 127 Å². The van der Waals surface area contributed by atoms with E-state index in [-0.39, 0.29) is 0 Å². The van der Waals surface area contributed by atoms with Gasteiger partial charge in [-0.2, -0.15) is 0 Å². The summed E-state index contributed by atoms with van der Waals surface area (Å²) in [5.74, 6) is 0. The predicted molar refractivity (Wildman–Crippen MR) is 135 cm³/mol. The molecular weight excluding hydrogens is 376 g/mol. The molecule has 2 nitrogen and oxygen atoms in total. The molecule has 0 amide bonds. The Morgan fingerprint density at radius 3 is 1.61 bits per heavy atom. The summed E-state index contributed by atoms with van der Waals surface area (Å²) in [5.41, 5.74) is 2.80. The van der Waals surface area contributed by atoms with E-state index < -0.39 is 0 Å². The Labute approximate surface area is 193 Å². The standard InChI is InChI=1S/C29H49N2/c1-3-4-5-6-7-8-9-10-11-12-13-14-15-16-17-18-19-22-28-23-20-21-24-29(28)31-26-25-30(2)27-31/h20-21,23-27H,3-19,22H2,1-2H3/q+1. The molecule has 0 radical (unpaired) electrons. The molecule has 0 fully saturated rings. The van der Waals surface area contributed by atoms with Crippen LogP contribution in [0.2, 0.25) is 0 Å². The van der Waals surface area contributed by atoms with Gasteiger partial charge in [0.05, 0.1) is 7.05 Å². The molecule has 1 heterocycles. The van der Waals surface area contributed by atoms with Crippen molar-refractivity contribution in [3.63, 3.8) is 0 Å². The Morgan fingerprint density at radius 2 is 1.13 bits per heavy atom. The van der Waals surface area contributed by atoms with Crippen LogP contribution in [0, 0.1) is 0 Å². The van der Waals surface area contributed by atoms with Crippen molar-refractivity contribution < 1.29 is 4.57 Å². The molecule has 0 bridgehead atoms. The van der Waals surface area contributed by atoms with Crippen LogP contribution in [-0.2, 0) is 13.5 Å². The zero-order valence-electron chi connectivity index (χ0n) is 20.7. The van der Waals surface area contributed by atoms with Crippen LogP contribution in [0.15, 0.2) is 43.0 Å². The number of unbranched alkanes of at least 4 members (excludes halogenated alkanes) is 16. The molecule has 2 heteroatoms. The van der Waals surface area contributed by atoms with E-state index in [9.17, 15) is 0 Å². The molecule has 0 aliphatic heterocycles. The van der Waals surface area contributed by atoms with Gasteiger partial charge in [0.2, 0.25) is 6.33 Å². The lowest BCUT2D eigenvalue weighted by molar-refractivity contribution is -0.670. The van der Waals surface area contributed by atoms with Crippen molar-refractivity contribution in [3.8, 4) is 5.69 Å². The van der Waals surface area contributed by atoms with Crippen molar-refractivity contribution >= 4 is 0 Å². The van der Waals surface area contributed by atoms with Gasteiger partial charge in [-0.25, -0.2) is 9.13 Å². The summed E-state index contributed by atoms with van der Waals surface area (Å²) in [5, 5.41) is 0. The molecule has 0 atom stereocenters. The van der Waals surface area contributed by atoms with Crippen molar-refractivity contribution in [2.75, 3.05) is 0 Å². The minimum Gasteiger partial charge on any atom is -0.239 e. The summed E-state index contributed by atoms with van der Waals surface area (Å²) in [7, 11) is 2.08. The zero-order chi connectivity index (χ0) is 22.0. The molecule has 31 heavy (non-hydrogen) atoms. The first-order chi connectivity index (χ1) is 15.3. The number of aryl methyl sites for hydroxylation is 2. The number of imidazole rings is 1. The molecule has 0 saturated heterocycles. The second kappa shape index (κ2) is 17.0. The quantitative estimate of drug-likeness (QED) is 0.157. The second-order valence-electron chi connectivity index (χ2n) is 9.52. The second-order valence-corrected chi connectivity index (χ2v) is 9.52. The topological polar surface area (TPSA) is 8.81 Å². The molecule has 0 saturated carbocycles. The molecule has 1 aromatic carbocycles. The molecule has 1 aromatic heterocycles. The Morgan fingerprint density at radius 1 is 0.645 bits per heavy atom. The summed E-state index contributed by atoms with van der Waals surface area (Å²) in [6.45, 7) is 2.30. The number of benzene rings is 1. The molecule has 0 N–H and O–H groups in total. The third kappa shape index (κ3) is 11.6. The van der Waals surface area contributed by atoms with Crippen LogP contribution >= 0.6 is 0 Å². The molecule has 0 aliphatic rings. The van der Waals surface area contributed by atoms with Crippen LogP contribution in [0.1, 0.15) is 122 Å². The van der Waals surface area contributed by atoms with E-state index in [4.69, 9.17) is 0 Å². The van der Waals surface area contributed by atoms with E-state index in [0.29, 0.717) is 0 Å². The summed E-state index contributed by atoms with van der Waals surface area (Å²) >= 11 is 0. The largest absolute Gasteiger partial charge is 0.248 e. The monoisotopic (exact) mass is 425 g/mol. The maximum atomic E-state index is 2.30. The molecule has 0 spiro atoms. The molecular formula is C29H49N2+. The maximum absolute atomic E-state index is 2.30. The Hall–Kier alpha value is -1.57. The summed E-state index contributed by atoms with van der Waals surface area (Å²) < 4.78 is 4.34. The van der Waals surface area contributed by atoms with Crippen LogP contribution in [0.4, 0.5) is 0 Å². The van der Waals surface area contributed by atoms with Gasteiger partial charge in [0.25, 0.3) is 0 Å². The lowest BCUT2D eigenvalue weighted by atomic mass is 10.0. The minimum absolute atomic E-state index is 1.19. The van der Waals surface area contributed by atoms with Crippen LogP contribution in [0.25, 0.3) is 5.69 Å². The van der Waals surface area contributed by atoms with Crippen molar-refractivity contribution in [2.45, 2.75) is 122 Å². The van der Waals surface area contributed by atoms with Crippen LogP contribution in [0.3, 0.4) is 0 Å². The first-order valence-electron chi connectivity index (χ1n) is 13.4. The number of rotatable bonds is 19. The highest BCUT2D eigenvalue weighted by molar-refractivity contribution is 5.40. The van der Waals surface area contributed by atoms with Gasteiger partial charge in [-0.1, -0.05) is 128 Å². The average Bonchev–Trinajstić information content (AvgIpc) is 3.22. The van der Waals surface area contributed by atoms with E-state index in [2.05, 4.69) is 66.1 Å². The van der Waals surface area contributed by atoms with Gasteiger partial charge in [-0.05, 0) is 24.5 Å². The molecule has 0 aliphatic carbocycles. The summed E-state index contributed by atoms with van der Waals surface area (Å²) in [6.07, 6.45) is 32.0. The van der Waals surface area contributed by atoms with Crippen LogP contribution < -0.4 is 4.57 Å². The molecule has 174 valence electrons. The first kappa shape index (κ1) is 25.7. The lowest BCUT2D eigenvalue weighted by Crippen LogP contribution is -2.23. The number of para-hydroxylation sites is 1. The molecule has 0 unspecified atom stereocenters. The Kier molecular flexibility index (Phi) is 14.1. The Bertz CT molecular complexity index is 673. The highest BCUT2D eigenvalue weighted by atomic mass is 15.1. The fourth-order valence-corrected chi connectivity index (χ4v) is 4.61. The number of nitrogens with zero attached hydrogens (tertiary/aromatic N) is 2. The third-order valence-electron chi connectivity index (χ3n) is 6.59. The highest BCUT2D eigenvalue weighted by Gasteiger charge is 2.09. The maximum Gasteiger partial charge on any atom is 0.248 e. The predicted octanol–water partition coefficient (Wildman–Crippen LogP) is 8.50. The van der Waals surface area contributed by atoms with Gasteiger partial charge in [-0.3, -0.25) is 0 Å². The van der Waals surface area contributed by atoms with Crippen LogP contribution in [-0.4, -0.2) is 4.57 Å². The fourth-order valence-electron chi connectivity index (χ4n) is 4.61. The zero-order valence-corrected chi connectivity index (χ0v) is 20.7. The van der Waals surface area contributed by atoms with Gasteiger partial charge < -0.3 is 0 Å². The minimum atomic E-state index is 1.19. The van der Waals surface area contributed by atoms with Gasteiger partial charge in [0.1, 0.15) is 18.1 Å². The van der Waals surface area contributed by atoms with Gasteiger partial charge >= 0.3 is 0 Å².